The van der Waals surface area contributed by atoms with Gasteiger partial charge in [-0.3, -0.25) is 0 Å². The fourth-order valence-electron chi connectivity index (χ4n) is 0.804. The molecule has 78 valence electrons. The molecule has 0 aliphatic carbocycles. The van der Waals surface area contributed by atoms with E-state index in [0.717, 1.165) is 13.1 Å². The van der Waals surface area contributed by atoms with Crippen LogP contribution < -0.4 is 5.32 Å². The first-order chi connectivity index (χ1) is 6.59. The van der Waals surface area contributed by atoms with Crippen LogP contribution in [0.2, 0.25) is 10.4 Å². The van der Waals surface area contributed by atoms with E-state index in [1.165, 1.54) is 0 Å². The van der Waals surface area contributed by atoms with Gasteiger partial charge in [-0.05, 0) is 25.7 Å². The maximum Gasteiger partial charge on any atom is 0.245 e. The zero-order chi connectivity index (χ0) is 10.6. The molecule has 0 spiro atoms. The van der Waals surface area contributed by atoms with E-state index in [4.69, 9.17) is 23.2 Å². The van der Waals surface area contributed by atoms with Crippen LogP contribution in [0.3, 0.4) is 0 Å². The van der Waals surface area contributed by atoms with Crippen molar-refractivity contribution in [3.8, 4) is 0 Å². The lowest BCUT2D eigenvalue weighted by atomic mass is 10.5. The second kappa shape index (κ2) is 5.29. The van der Waals surface area contributed by atoms with E-state index in [-0.39, 0.29) is 10.4 Å². The molecule has 7 heteroatoms. The van der Waals surface area contributed by atoms with Gasteiger partial charge in [-0.15, -0.1) is 10.2 Å². The molecule has 0 aliphatic heterocycles. The van der Waals surface area contributed by atoms with Crippen molar-refractivity contribution >= 4 is 29.0 Å². The van der Waals surface area contributed by atoms with E-state index in [1.807, 2.05) is 19.0 Å². The van der Waals surface area contributed by atoms with Crippen LogP contribution in [0.25, 0.3) is 0 Å². The number of anilines is 1. The topological polar surface area (TPSA) is 53.9 Å². The lowest BCUT2D eigenvalue weighted by Crippen LogP contribution is -2.21. The normalized spacial score (nSPS) is 10.6. The molecular weight excluding hydrogens is 225 g/mol. The number of nitrogens with one attached hydrogen (secondary N) is 1. The predicted molar refractivity (Wildman–Crippen MR) is 56.9 cm³/mol. The van der Waals surface area contributed by atoms with Gasteiger partial charge in [0.1, 0.15) is 0 Å². The van der Waals surface area contributed by atoms with Crippen molar-refractivity contribution in [2.45, 2.75) is 0 Å². The highest BCUT2D eigenvalue weighted by Gasteiger charge is 2.04. The molecule has 0 atom stereocenters. The Hall–Kier alpha value is -0.650. The second-order valence-electron chi connectivity index (χ2n) is 2.95. The second-order valence-corrected chi connectivity index (χ2v) is 3.65. The lowest BCUT2D eigenvalue weighted by Gasteiger charge is -2.10. The minimum absolute atomic E-state index is 0.0850. The lowest BCUT2D eigenvalue weighted by molar-refractivity contribution is 0.425. The van der Waals surface area contributed by atoms with Crippen molar-refractivity contribution in [1.29, 1.82) is 0 Å². The third-order valence-electron chi connectivity index (χ3n) is 1.47. The van der Waals surface area contributed by atoms with Gasteiger partial charge >= 0.3 is 0 Å². The highest BCUT2D eigenvalue weighted by Crippen LogP contribution is 2.15. The molecule has 0 radical (unpaired) electrons. The molecule has 0 bridgehead atoms. The smallest absolute Gasteiger partial charge is 0.245 e. The number of aromatic nitrogens is 3. The van der Waals surface area contributed by atoms with E-state index in [0.29, 0.717) is 5.82 Å². The minimum Gasteiger partial charge on any atom is -0.366 e. The van der Waals surface area contributed by atoms with Crippen molar-refractivity contribution < 1.29 is 0 Å². The largest absolute Gasteiger partial charge is 0.366 e. The summed E-state index contributed by atoms with van der Waals surface area (Å²) in [6, 6.07) is 0. The standard InChI is InChI=1S/C7H11Cl2N5/c1-14(2)4-3-10-6-5(8)12-13-7(9)11-6/h3-4H2,1-2H3,(H,10,11,13). The first kappa shape index (κ1) is 11.4. The summed E-state index contributed by atoms with van der Waals surface area (Å²) in [6.07, 6.45) is 0. The average molecular weight is 236 g/mol. The Labute approximate surface area is 92.4 Å². The first-order valence-electron chi connectivity index (χ1n) is 4.04. The molecule has 1 aromatic rings. The molecule has 1 rings (SSSR count). The number of rotatable bonds is 4. The average Bonchev–Trinajstić information content (AvgIpc) is 2.10. The summed E-state index contributed by atoms with van der Waals surface area (Å²) in [7, 11) is 3.96. The molecule has 5 nitrogen and oxygen atoms in total. The number of hydrogen-bond acceptors (Lipinski definition) is 5. The van der Waals surface area contributed by atoms with Crippen molar-refractivity contribution in [2.24, 2.45) is 0 Å². The molecule has 0 fully saturated rings. The number of likely N-dealkylation sites (N-methyl/N-ethyl adjacent to an activating group) is 1. The maximum atomic E-state index is 5.74. The Morgan fingerprint density at radius 2 is 2.00 bits per heavy atom. The van der Waals surface area contributed by atoms with Crippen LogP contribution in [0, 0.1) is 0 Å². The van der Waals surface area contributed by atoms with Crippen LogP contribution >= 0.6 is 23.2 Å². The van der Waals surface area contributed by atoms with Gasteiger partial charge in [0.05, 0.1) is 0 Å². The van der Waals surface area contributed by atoms with Crippen LogP contribution in [-0.2, 0) is 0 Å². The van der Waals surface area contributed by atoms with Gasteiger partial charge < -0.3 is 10.2 Å². The minimum atomic E-state index is 0.0850. The fourth-order valence-corrected chi connectivity index (χ4v) is 1.07. The van der Waals surface area contributed by atoms with E-state index < -0.39 is 0 Å². The molecule has 0 saturated heterocycles. The molecule has 0 aromatic carbocycles. The summed E-state index contributed by atoms with van der Waals surface area (Å²) >= 11 is 11.3. The summed E-state index contributed by atoms with van der Waals surface area (Å²) in [5.41, 5.74) is 0. The summed E-state index contributed by atoms with van der Waals surface area (Å²) in [6.45, 7) is 1.60. The van der Waals surface area contributed by atoms with Gasteiger partial charge in [-0.2, -0.15) is 4.98 Å². The van der Waals surface area contributed by atoms with Crippen molar-refractivity contribution in [2.75, 3.05) is 32.5 Å². The fraction of sp³-hybridized carbons (Fsp3) is 0.571. The summed E-state index contributed by atoms with van der Waals surface area (Å²) < 4.78 is 0. The number of hydrogen-bond donors (Lipinski definition) is 1. The Morgan fingerprint density at radius 1 is 1.29 bits per heavy atom. The van der Waals surface area contributed by atoms with E-state index in [2.05, 4.69) is 20.5 Å². The van der Waals surface area contributed by atoms with E-state index >= 15 is 0 Å². The molecule has 0 saturated carbocycles. The van der Waals surface area contributed by atoms with Gasteiger partial charge in [-0.1, -0.05) is 11.6 Å². The SMILES string of the molecule is CN(C)CCNc1nc(Cl)nnc1Cl. The zero-order valence-corrected chi connectivity index (χ0v) is 9.47. The van der Waals surface area contributed by atoms with Crippen LogP contribution in [0.15, 0.2) is 0 Å². The van der Waals surface area contributed by atoms with Crippen LogP contribution in [0.1, 0.15) is 0 Å². The zero-order valence-electron chi connectivity index (χ0n) is 7.96. The highest BCUT2D eigenvalue weighted by atomic mass is 35.5. The van der Waals surface area contributed by atoms with Crippen LogP contribution in [-0.4, -0.2) is 47.3 Å². The summed E-state index contributed by atoms with van der Waals surface area (Å²) in [5.74, 6) is 0.466. The third kappa shape index (κ3) is 3.61. The highest BCUT2D eigenvalue weighted by molar-refractivity contribution is 6.32. The first-order valence-corrected chi connectivity index (χ1v) is 4.79. The van der Waals surface area contributed by atoms with Gasteiger partial charge in [0.15, 0.2) is 11.0 Å². The molecule has 0 unspecified atom stereocenters. The van der Waals surface area contributed by atoms with Crippen LogP contribution in [0.4, 0.5) is 5.82 Å². The van der Waals surface area contributed by atoms with Gasteiger partial charge in [-0.25, -0.2) is 0 Å². The summed E-state index contributed by atoms with van der Waals surface area (Å²) in [5, 5.41) is 10.5. The van der Waals surface area contributed by atoms with Gasteiger partial charge in [0, 0.05) is 13.1 Å². The monoisotopic (exact) mass is 235 g/mol. The summed E-state index contributed by atoms with van der Waals surface area (Å²) in [4.78, 5) is 5.94. The maximum absolute atomic E-state index is 5.74. The van der Waals surface area contributed by atoms with Crippen molar-refractivity contribution in [3.63, 3.8) is 0 Å². The van der Waals surface area contributed by atoms with E-state index in [1.54, 1.807) is 0 Å². The Bertz CT molecular complexity index is 304. The quantitative estimate of drug-likeness (QED) is 0.849. The van der Waals surface area contributed by atoms with Gasteiger partial charge in [0.2, 0.25) is 5.28 Å². The van der Waals surface area contributed by atoms with Crippen LogP contribution in [0.5, 0.6) is 0 Å². The van der Waals surface area contributed by atoms with Crippen molar-refractivity contribution in [3.05, 3.63) is 10.4 Å². The Kier molecular flexibility index (Phi) is 4.31. The van der Waals surface area contributed by atoms with Crippen molar-refractivity contribution in [1.82, 2.24) is 20.1 Å². The number of nitrogens with zero attached hydrogens (tertiary/aromatic N) is 4. The molecule has 1 aromatic heterocycles. The van der Waals surface area contributed by atoms with Gasteiger partial charge in [0.25, 0.3) is 0 Å². The number of halogens is 2. The Balaban J connectivity index is 2.53. The molecule has 0 amide bonds. The molecule has 1 N–H and O–H groups in total. The third-order valence-corrected chi connectivity index (χ3v) is 1.89. The molecule has 0 aliphatic rings. The predicted octanol–water partition coefficient (Wildman–Crippen LogP) is 1.15. The molecular formula is C7H11Cl2N5. The molecule has 1 heterocycles. The molecule has 14 heavy (non-hydrogen) atoms. The van der Waals surface area contributed by atoms with E-state index in [9.17, 15) is 0 Å². The Morgan fingerprint density at radius 3 is 2.64 bits per heavy atom.